The Balaban J connectivity index is 1.90. The Labute approximate surface area is 161 Å². The maximum Gasteiger partial charge on any atom is 0.254 e. The molecule has 0 atom stereocenters. The van der Waals surface area contributed by atoms with Gasteiger partial charge < -0.3 is 10.1 Å². The first kappa shape index (κ1) is 18.7. The maximum absolute atomic E-state index is 12.5. The Kier molecular flexibility index (Phi) is 5.57. The molecule has 6 nitrogen and oxygen atoms in total. The number of aromatic nitrogens is 2. The van der Waals surface area contributed by atoms with Crippen molar-refractivity contribution in [1.29, 1.82) is 0 Å². The molecule has 2 aromatic carbocycles. The second kappa shape index (κ2) is 8.05. The largest absolute Gasteiger partial charge is 0.497 e. The molecule has 1 heterocycles. The predicted octanol–water partition coefficient (Wildman–Crippen LogP) is 3.52. The van der Waals surface area contributed by atoms with Crippen LogP contribution in [-0.4, -0.2) is 22.6 Å². The van der Waals surface area contributed by atoms with Crippen molar-refractivity contribution in [2.75, 3.05) is 12.4 Å². The smallest absolute Gasteiger partial charge is 0.254 e. The number of nitrogens with one attached hydrogen (secondary N) is 1. The van der Waals surface area contributed by atoms with Gasteiger partial charge in [-0.2, -0.15) is 0 Å². The third-order valence-electron chi connectivity index (χ3n) is 3.89. The molecule has 1 N–H and O–H groups in total. The molecule has 3 rings (SSSR count). The van der Waals surface area contributed by atoms with Crippen molar-refractivity contribution in [3.63, 3.8) is 0 Å². The van der Waals surface area contributed by atoms with Crippen molar-refractivity contribution >= 4 is 23.2 Å². The van der Waals surface area contributed by atoms with Gasteiger partial charge in [0.2, 0.25) is 5.91 Å². The van der Waals surface area contributed by atoms with Gasteiger partial charge in [0.25, 0.3) is 5.56 Å². The Hall–Kier alpha value is -3.12. The lowest BCUT2D eigenvalue weighted by Crippen LogP contribution is -2.29. The standard InChI is InChI=1S/C20H18ClN3O3/c1-13-10-19(26)24(20(22-13)14-6-8-15(21)9-7-14)12-18(25)23-16-4-3-5-17(11-16)27-2/h3-11H,12H2,1-2H3,(H,23,25). The fourth-order valence-corrected chi connectivity index (χ4v) is 2.76. The highest BCUT2D eigenvalue weighted by atomic mass is 35.5. The third-order valence-corrected chi connectivity index (χ3v) is 4.15. The van der Waals surface area contributed by atoms with Crippen LogP contribution < -0.4 is 15.6 Å². The van der Waals surface area contributed by atoms with Gasteiger partial charge in [0, 0.05) is 34.1 Å². The molecule has 0 spiro atoms. The lowest BCUT2D eigenvalue weighted by Gasteiger charge is -2.13. The molecule has 3 aromatic rings. The van der Waals surface area contributed by atoms with Crippen LogP contribution in [0.5, 0.6) is 5.75 Å². The summed E-state index contributed by atoms with van der Waals surface area (Å²) in [6.07, 6.45) is 0. The van der Waals surface area contributed by atoms with Gasteiger partial charge in [-0.1, -0.05) is 17.7 Å². The summed E-state index contributed by atoms with van der Waals surface area (Å²) in [6.45, 7) is 1.57. The number of carbonyl (C=O) groups excluding carboxylic acids is 1. The predicted molar refractivity (Wildman–Crippen MR) is 105 cm³/mol. The van der Waals surface area contributed by atoms with Crippen LogP contribution in [0.1, 0.15) is 5.69 Å². The van der Waals surface area contributed by atoms with E-state index in [1.54, 1.807) is 62.6 Å². The quantitative estimate of drug-likeness (QED) is 0.731. The van der Waals surface area contributed by atoms with Gasteiger partial charge in [0.05, 0.1) is 7.11 Å². The molecular formula is C20H18ClN3O3. The number of benzene rings is 2. The topological polar surface area (TPSA) is 73.2 Å². The summed E-state index contributed by atoms with van der Waals surface area (Å²) in [4.78, 5) is 29.4. The molecule has 0 fully saturated rings. The monoisotopic (exact) mass is 383 g/mol. The number of hydrogen-bond acceptors (Lipinski definition) is 4. The van der Waals surface area contributed by atoms with Crippen molar-refractivity contribution in [3.8, 4) is 17.1 Å². The van der Waals surface area contributed by atoms with Crippen molar-refractivity contribution < 1.29 is 9.53 Å². The number of methoxy groups -OCH3 is 1. The molecule has 7 heteroatoms. The second-order valence-corrected chi connectivity index (χ2v) is 6.37. The summed E-state index contributed by atoms with van der Waals surface area (Å²) in [6, 6.07) is 15.4. The van der Waals surface area contributed by atoms with Crippen LogP contribution >= 0.6 is 11.6 Å². The molecule has 0 aliphatic rings. The minimum atomic E-state index is -0.341. The molecule has 0 saturated carbocycles. The molecule has 0 saturated heterocycles. The van der Waals surface area contributed by atoms with E-state index in [1.807, 2.05) is 0 Å². The molecule has 27 heavy (non-hydrogen) atoms. The lowest BCUT2D eigenvalue weighted by molar-refractivity contribution is -0.116. The van der Waals surface area contributed by atoms with Crippen LogP contribution in [0.4, 0.5) is 5.69 Å². The van der Waals surface area contributed by atoms with Crippen molar-refractivity contribution in [3.05, 3.63) is 75.7 Å². The van der Waals surface area contributed by atoms with Gasteiger partial charge >= 0.3 is 0 Å². The van der Waals surface area contributed by atoms with E-state index in [0.717, 1.165) is 0 Å². The van der Waals surface area contributed by atoms with Crippen LogP contribution in [0.15, 0.2) is 59.4 Å². The Morgan fingerprint density at radius 1 is 1.19 bits per heavy atom. The zero-order valence-electron chi connectivity index (χ0n) is 14.9. The molecule has 1 amide bonds. The van der Waals surface area contributed by atoms with E-state index in [1.165, 1.54) is 10.6 Å². The van der Waals surface area contributed by atoms with Crippen LogP contribution in [-0.2, 0) is 11.3 Å². The number of hydrogen-bond donors (Lipinski definition) is 1. The van der Waals surface area contributed by atoms with Crippen LogP contribution in [0, 0.1) is 6.92 Å². The van der Waals surface area contributed by atoms with Crippen molar-refractivity contribution in [1.82, 2.24) is 9.55 Å². The van der Waals surface area contributed by atoms with E-state index in [4.69, 9.17) is 16.3 Å². The zero-order valence-corrected chi connectivity index (χ0v) is 15.7. The summed E-state index contributed by atoms with van der Waals surface area (Å²) in [5.74, 6) is 0.701. The number of anilines is 1. The van der Waals surface area contributed by atoms with E-state index < -0.39 is 0 Å². The molecule has 0 radical (unpaired) electrons. The fraction of sp³-hybridized carbons (Fsp3) is 0.150. The van der Waals surface area contributed by atoms with Crippen LogP contribution in [0.2, 0.25) is 5.02 Å². The second-order valence-electron chi connectivity index (χ2n) is 5.93. The summed E-state index contributed by atoms with van der Waals surface area (Å²) >= 11 is 5.94. The number of halogens is 1. The lowest BCUT2D eigenvalue weighted by atomic mass is 10.2. The van der Waals surface area contributed by atoms with E-state index in [2.05, 4.69) is 10.3 Å². The third kappa shape index (κ3) is 4.54. The first-order chi connectivity index (χ1) is 13.0. The first-order valence-electron chi connectivity index (χ1n) is 8.24. The molecule has 0 aliphatic carbocycles. The molecule has 0 bridgehead atoms. The van der Waals surface area contributed by atoms with Gasteiger partial charge in [0.15, 0.2) is 0 Å². The maximum atomic E-state index is 12.5. The number of nitrogens with zero attached hydrogens (tertiary/aromatic N) is 2. The molecule has 1 aromatic heterocycles. The Morgan fingerprint density at radius 2 is 1.93 bits per heavy atom. The number of aryl methyl sites for hydroxylation is 1. The molecule has 0 aliphatic heterocycles. The Bertz CT molecular complexity index is 1030. The summed E-state index contributed by atoms with van der Waals surface area (Å²) in [7, 11) is 1.55. The minimum Gasteiger partial charge on any atom is -0.497 e. The summed E-state index contributed by atoms with van der Waals surface area (Å²) < 4.78 is 6.49. The first-order valence-corrected chi connectivity index (χ1v) is 8.62. The van der Waals surface area contributed by atoms with Crippen molar-refractivity contribution in [2.45, 2.75) is 13.5 Å². The van der Waals surface area contributed by atoms with E-state index in [-0.39, 0.29) is 18.0 Å². The normalized spacial score (nSPS) is 10.5. The number of amides is 1. The molecule has 138 valence electrons. The highest BCUT2D eigenvalue weighted by molar-refractivity contribution is 6.30. The Morgan fingerprint density at radius 3 is 2.63 bits per heavy atom. The van der Waals surface area contributed by atoms with Crippen LogP contribution in [0.25, 0.3) is 11.4 Å². The number of carbonyl (C=O) groups is 1. The van der Waals surface area contributed by atoms with E-state index in [9.17, 15) is 9.59 Å². The number of ether oxygens (including phenoxy) is 1. The average Bonchev–Trinajstić information content (AvgIpc) is 2.64. The summed E-state index contributed by atoms with van der Waals surface area (Å²) in [5, 5.41) is 3.35. The van der Waals surface area contributed by atoms with E-state index >= 15 is 0 Å². The SMILES string of the molecule is COc1cccc(NC(=O)Cn2c(-c3ccc(Cl)cc3)nc(C)cc2=O)c1. The van der Waals surface area contributed by atoms with Gasteiger partial charge in [-0.25, -0.2) is 4.98 Å². The minimum absolute atomic E-state index is 0.165. The summed E-state index contributed by atoms with van der Waals surface area (Å²) in [5.41, 5.74) is 1.57. The fourth-order valence-electron chi connectivity index (χ4n) is 2.64. The van der Waals surface area contributed by atoms with Gasteiger partial charge in [0.1, 0.15) is 18.1 Å². The van der Waals surface area contributed by atoms with Crippen molar-refractivity contribution in [2.24, 2.45) is 0 Å². The zero-order chi connectivity index (χ0) is 19.4. The molecular weight excluding hydrogens is 366 g/mol. The highest BCUT2D eigenvalue weighted by Gasteiger charge is 2.13. The highest BCUT2D eigenvalue weighted by Crippen LogP contribution is 2.20. The average molecular weight is 384 g/mol. The van der Waals surface area contributed by atoms with Crippen LogP contribution in [0.3, 0.4) is 0 Å². The van der Waals surface area contributed by atoms with Gasteiger partial charge in [-0.05, 0) is 43.3 Å². The number of rotatable bonds is 5. The van der Waals surface area contributed by atoms with Gasteiger partial charge in [-0.3, -0.25) is 14.2 Å². The molecule has 0 unspecified atom stereocenters. The van der Waals surface area contributed by atoms with E-state index in [0.29, 0.717) is 33.5 Å². The van der Waals surface area contributed by atoms with Gasteiger partial charge in [-0.15, -0.1) is 0 Å².